The summed E-state index contributed by atoms with van der Waals surface area (Å²) in [6.45, 7) is 0. The molecule has 1 aliphatic carbocycles. The standard InChI is InChI=1S/C13H7Br2FO/c14-6-1-2-8-9(3-6)13(17)10-4-7(15)5-11(16)12(8)10/h1-5,13,17H/t13-/m1/s1. The first kappa shape index (κ1) is 11.4. The molecule has 3 rings (SSSR count). The molecule has 0 aliphatic heterocycles. The lowest BCUT2D eigenvalue weighted by Crippen LogP contribution is -1.94. The first-order chi connectivity index (χ1) is 8.08. The minimum atomic E-state index is -0.760. The van der Waals surface area contributed by atoms with Gasteiger partial charge in [-0.1, -0.05) is 37.9 Å². The lowest BCUT2D eigenvalue weighted by Gasteiger charge is -2.06. The highest BCUT2D eigenvalue weighted by molar-refractivity contribution is 9.10. The third kappa shape index (κ3) is 1.66. The quantitative estimate of drug-likeness (QED) is 0.740. The summed E-state index contributed by atoms with van der Waals surface area (Å²) in [6, 6.07) is 8.68. The molecule has 1 atom stereocenters. The fraction of sp³-hybridized carbons (Fsp3) is 0.0769. The number of hydrogen-bond donors (Lipinski definition) is 1. The van der Waals surface area contributed by atoms with E-state index < -0.39 is 6.10 Å². The molecule has 2 aromatic carbocycles. The lowest BCUT2D eigenvalue weighted by atomic mass is 10.1. The predicted octanol–water partition coefficient (Wildman–Crippen LogP) is 4.41. The van der Waals surface area contributed by atoms with E-state index in [1.54, 1.807) is 6.07 Å². The molecule has 1 N–H and O–H groups in total. The minimum absolute atomic E-state index is 0.311. The molecule has 0 unspecified atom stereocenters. The van der Waals surface area contributed by atoms with Crippen molar-refractivity contribution < 1.29 is 9.50 Å². The summed E-state index contributed by atoms with van der Waals surface area (Å²) in [5, 5.41) is 10.2. The van der Waals surface area contributed by atoms with E-state index in [0.717, 1.165) is 15.6 Å². The van der Waals surface area contributed by atoms with E-state index in [-0.39, 0.29) is 5.82 Å². The summed E-state index contributed by atoms with van der Waals surface area (Å²) in [5.41, 5.74) is 2.63. The van der Waals surface area contributed by atoms with Crippen molar-refractivity contribution in [1.82, 2.24) is 0 Å². The van der Waals surface area contributed by atoms with Crippen LogP contribution in [-0.4, -0.2) is 5.11 Å². The molecule has 0 saturated heterocycles. The molecule has 86 valence electrons. The topological polar surface area (TPSA) is 20.2 Å². The van der Waals surface area contributed by atoms with Crippen molar-refractivity contribution in [3.63, 3.8) is 0 Å². The monoisotopic (exact) mass is 356 g/mol. The number of benzene rings is 2. The SMILES string of the molecule is O[C@@H]1c2cc(Br)ccc2-c2c(F)cc(Br)cc21. The number of aliphatic hydroxyl groups is 1. The molecule has 0 aromatic heterocycles. The zero-order valence-corrected chi connectivity index (χ0v) is 11.7. The first-order valence-corrected chi connectivity index (χ1v) is 6.63. The minimum Gasteiger partial charge on any atom is -0.384 e. The Hall–Kier alpha value is -0.710. The van der Waals surface area contributed by atoms with Crippen LogP contribution in [0.2, 0.25) is 0 Å². The molecular weight excluding hydrogens is 351 g/mol. The van der Waals surface area contributed by atoms with Gasteiger partial charge >= 0.3 is 0 Å². The second-order valence-electron chi connectivity index (χ2n) is 3.99. The number of rotatable bonds is 0. The predicted molar refractivity (Wildman–Crippen MR) is 71.3 cm³/mol. The summed E-state index contributed by atoms with van der Waals surface area (Å²) in [4.78, 5) is 0. The van der Waals surface area contributed by atoms with Crippen LogP contribution in [0.3, 0.4) is 0 Å². The van der Waals surface area contributed by atoms with Crippen LogP contribution in [0.25, 0.3) is 11.1 Å². The van der Waals surface area contributed by atoms with Crippen molar-refractivity contribution in [3.8, 4) is 11.1 Å². The van der Waals surface area contributed by atoms with E-state index in [4.69, 9.17) is 0 Å². The third-order valence-electron chi connectivity index (χ3n) is 2.96. The molecule has 0 fully saturated rings. The zero-order chi connectivity index (χ0) is 12.2. The summed E-state index contributed by atoms with van der Waals surface area (Å²) in [6.07, 6.45) is -0.760. The maximum absolute atomic E-state index is 14.0. The Morgan fingerprint density at radius 2 is 1.71 bits per heavy atom. The van der Waals surface area contributed by atoms with Crippen LogP contribution in [0, 0.1) is 5.82 Å². The molecule has 1 aliphatic rings. The van der Waals surface area contributed by atoms with Gasteiger partial charge in [-0.05, 0) is 41.0 Å². The van der Waals surface area contributed by atoms with Crippen molar-refractivity contribution in [2.45, 2.75) is 6.10 Å². The molecule has 17 heavy (non-hydrogen) atoms. The van der Waals surface area contributed by atoms with Gasteiger partial charge < -0.3 is 5.11 Å². The van der Waals surface area contributed by atoms with Gasteiger partial charge in [-0.25, -0.2) is 4.39 Å². The Balaban J connectivity index is 2.35. The zero-order valence-electron chi connectivity index (χ0n) is 8.55. The van der Waals surface area contributed by atoms with E-state index in [2.05, 4.69) is 31.9 Å². The Kier molecular flexibility index (Phi) is 2.61. The Morgan fingerprint density at radius 3 is 2.47 bits per heavy atom. The van der Waals surface area contributed by atoms with Crippen LogP contribution < -0.4 is 0 Å². The van der Waals surface area contributed by atoms with Gasteiger partial charge in [0.25, 0.3) is 0 Å². The second kappa shape index (κ2) is 3.90. The van der Waals surface area contributed by atoms with Gasteiger partial charge in [0.1, 0.15) is 11.9 Å². The highest BCUT2D eigenvalue weighted by Gasteiger charge is 2.30. The van der Waals surface area contributed by atoms with Crippen LogP contribution in [0.1, 0.15) is 17.2 Å². The maximum Gasteiger partial charge on any atom is 0.132 e. The Labute approximate surface area is 115 Å². The number of aliphatic hydroxyl groups excluding tert-OH is 1. The van der Waals surface area contributed by atoms with Gasteiger partial charge in [-0.15, -0.1) is 0 Å². The molecule has 0 spiro atoms. The van der Waals surface area contributed by atoms with Gasteiger partial charge in [-0.2, -0.15) is 0 Å². The van der Waals surface area contributed by atoms with Gasteiger partial charge in [0.15, 0.2) is 0 Å². The number of halogens is 3. The maximum atomic E-state index is 14.0. The Morgan fingerprint density at radius 1 is 1.00 bits per heavy atom. The van der Waals surface area contributed by atoms with Crippen molar-refractivity contribution >= 4 is 31.9 Å². The largest absolute Gasteiger partial charge is 0.384 e. The van der Waals surface area contributed by atoms with Gasteiger partial charge in [-0.3, -0.25) is 0 Å². The molecule has 4 heteroatoms. The lowest BCUT2D eigenvalue weighted by molar-refractivity contribution is 0.225. The average Bonchev–Trinajstić information content (AvgIpc) is 2.53. The van der Waals surface area contributed by atoms with E-state index in [9.17, 15) is 9.50 Å². The van der Waals surface area contributed by atoms with E-state index in [0.29, 0.717) is 15.6 Å². The molecule has 0 amide bonds. The summed E-state index contributed by atoms with van der Waals surface area (Å²) < 4.78 is 15.5. The van der Waals surface area contributed by atoms with Crippen molar-refractivity contribution in [2.75, 3.05) is 0 Å². The normalized spacial score (nSPS) is 16.8. The van der Waals surface area contributed by atoms with Crippen molar-refractivity contribution in [3.05, 3.63) is 56.2 Å². The van der Waals surface area contributed by atoms with Crippen LogP contribution in [0.4, 0.5) is 4.39 Å². The van der Waals surface area contributed by atoms with Crippen LogP contribution in [-0.2, 0) is 0 Å². The summed E-state index contributed by atoms with van der Waals surface area (Å²) in [5.74, 6) is -0.311. The number of hydrogen-bond acceptors (Lipinski definition) is 1. The average molecular weight is 358 g/mol. The van der Waals surface area contributed by atoms with Crippen molar-refractivity contribution in [1.29, 1.82) is 0 Å². The highest BCUT2D eigenvalue weighted by Crippen LogP contribution is 2.46. The van der Waals surface area contributed by atoms with Crippen LogP contribution in [0.5, 0.6) is 0 Å². The molecule has 1 nitrogen and oxygen atoms in total. The first-order valence-electron chi connectivity index (χ1n) is 5.05. The molecule has 2 aromatic rings. The van der Waals surface area contributed by atoms with Gasteiger partial charge in [0, 0.05) is 14.5 Å². The van der Waals surface area contributed by atoms with Crippen molar-refractivity contribution in [2.24, 2.45) is 0 Å². The van der Waals surface area contributed by atoms with Crippen LogP contribution >= 0.6 is 31.9 Å². The fourth-order valence-electron chi connectivity index (χ4n) is 2.25. The smallest absolute Gasteiger partial charge is 0.132 e. The highest BCUT2D eigenvalue weighted by atomic mass is 79.9. The molecule has 0 heterocycles. The third-order valence-corrected chi connectivity index (χ3v) is 3.91. The molecular formula is C13H7Br2FO. The van der Waals surface area contributed by atoms with E-state index in [1.165, 1.54) is 6.07 Å². The molecule has 0 radical (unpaired) electrons. The number of fused-ring (bicyclic) bond motifs is 3. The van der Waals surface area contributed by atoms with Gasteiger partial charge in [0.2, 0.25) is 0 Å². The molecule has 0 saturated carbocycles. The second-order valence-corrected chi connectivity index (χ2v) is 5.82. The van der Waals surface area contributed by atoms with E-state index >= 15 is 0 Å². The van der Waals surface area contributed by atoms with Gasteiger partial charge in [0.05, 0.1) is 0 Å². The Bertz CT molecular complexity index is 625. The van der Waals surface area contributed by atoms with Crippen LogP contribution in [0.15, 0.2) is 39.3 Å². The summed E-state index contributed by atoms with van der Waals surface area (Å²) >= 11 is 6.60. The van der Waals surface area contributed by atoms with E-state index in [1.807, 2.05) is 18.2 Å². The molecule has 0 bridgehead atoms. The summed E-state index contributed by atoms with van der Waals surface area (Å²) in [7, 11) is 0. The fourth-order valence-corrected chi connectivity index (χ4v) is 3.07.